The number of ether oxygens (including phenoxy) is 1. The molecule has 0 aliphatic carbocycles. The van der Waals surface area contributed by atoms with E-state index in [0.29, 0.717) is 39.0 Å². The number of carbonyl (C=O) groups excluding carboxylic acids is 2. The minimum Gasteiger partial charge on any atom is -0.480 e. The lowest BCUT2D eigenvalue weighted by Crippen LogP contribution is -2.50. The van der Waals surface area contributed by atoms with Crippen molar-refractivity contribution in [3.63, 3.8) is 0 Å². The molecule has 3 atom stereocenters. The van der Waals surface area contributed by atoms with E-state index >= 15 is 0 Å². The molecule has 1 saturated heterocycles. The Morgan fingerprint density at radius 1 is 1.29 bits per heavy atom. The third kappa shape index (κ3) is 6.05. The maximum Gasteiger partial charge on any atom is 0.326 e. The Hall–Kier alpha value is -2.41. The first kappa shape index (κ1) is 21.9. The zero-order valence-corrected chi connectivity index (χ0v) is 16.6. The van der Waals surface area contributed by atoms with Crippen LogP contribution in [0.1, 0.15) is 38.7 Å². The van der Waals surface area contributed by atoms with Gasteiger partial charge in [-0.1, -0.05) is 30.3 Å². The molecule has 7 nitrogen and oxygen atoms in total. The molecule has 2 rings (SSSR count). The summed E-state index contributed by atoms with van der Waals surface area (Å²) >= 11 is 0. The van der Waals surface area contributed by atoms with Gasteiger partial charge in [-0.15, -0.1) is 0 Å². The van der Waals surface area contributed by atoms with Crippen molar-refractivity contribution < 1.29 is 24.2 Å². The SMILES string of the molecule is CCOC(=O)C(CCc1ccccc1)CNC(C)C(=O)N1CCCC1C(=O)O. The number of benzene rings is 1. The molecule has 0 aromatic heterocycles. The number of carbonyl (C=O) groups is 3. The van der Waals surface area contributed by atoms with E-state index in [1.807, 2.05) is 30.3 Å². The molecule has 3 unspecified atom stereocenters. The second kappa shape index (κ2) is 10.8. The predicted octanol–water partition coefficient (Wildman–Crippen LogP) is 1.85. The monoisotopic (exact) mass is 390 g/mol. The van der Waals surface area contributed by atoms with E-state index in [9.17, 15) is 19.5 Å². The van der Waals surface area contributed by atoms with Crippen molar-refractivity contribution in [3.05, 3.63) is 35.9 Å². The average Bonchev–Trinajstić information content (AvgIpc) is 3.18. The number of esters is 1. The number of nitrogens with zero attached hydrogens (tertiary/aromatic N) is 1. The molecule has 0 spiro atoms. The number of likely N-dealkylation sites (tertiary alicyclic amines) is 1. The first-order valence-corrected chi connectivity index (χ1v) is 9.91. The Labute approximate surface area is 166 Å². The summed E-state index contributed by atoms with van der Waals surface area (Å²) in [5, 5.41) is 12.4. The first-order chi connectivity index (χ1) is 13.4. The van der Waals surface area contributed by atoms with Crippen LogP contribution in [-0.4, -0.2) is 59.6 Å². The van der Waals surface area contributed by atoms with E-state index in [1.165, 1.54) is 4.90 Å². The lowest BCUT2D eigenvalue weighted by Gasteiger charge is -2.26. The Bertz CT molecular complexity index is 664. The highest BCUT2D eigenvalue weighted by molar-refractivity contribution is 5.87. The van der Waals surface area contributed by atoms with Gasteiger partial charge in [0, 0.05) is 13.1 Å². The van der Waals surface area contributed by atoms with Crippen LogP contribution in [0.4, 0.5) is 0 Å². The molecule has 154 valence electrons. The molecule has 7 heteroatoms. The summed E-state index contributed by atoms with van der Waals surface area (Å²) in [4.78, 5) is 37.7. The van der Waals surface area contributed by atoms with Gasteiger partial charge in [0.25, 0.3) is 0 Å². The number of rotatable bonds is 10. The van der Waals surface area contributed by atoms with Crippen molar-refractivity contribution in [2.45, 2.75) is 51.6 Å². The van der Waals surface area contributed by atoms with E-state index in [2.05, 4.69) is 5.32 Å². The maximum absolute atomic E-state index is 12.6. The zero-order valence-electron chi connectivity index (χ0n) is 16.6. The Kier molecular flexibility index (Phi) is 8.44. The van der Waals surface area contributed by atoms with Crippen molar-refractivity contribution in [2.75, 3.05) is 19.7 Å². The number of carboxylic acid groups (broad SMARTS) is 1. The molecule has 1 heterocycles. The summed E-state index contributed by atoms with van der Waals surface area (Å²) in [6.07, 6.45) is 2.52. The van der Waals surface area contributed by atoms with E-state index < -0.39 is 18.1 Å². The van der Waals surface area contributed by atoms with Gasteiger partial charge in [-0.05, 0) is 45.1 Å². The normalized spacial score (nSPS) is 18.5. The molecule has 0 saturated carbocycles. The molecule has 1 aromatic rings. The van der Waals surface area contributed by atoms with E-state index in [1.54, 1.807) is 13.8 Å². The Morgan fingerprint density at radius 3 is 2.64 bits per heavy atom. The molecule has 1 aliphatic heterocycles. The molecule has 2 N–H and O–H groups in total. The van der Waals surface area contributed by atoms with E-state index in [4.69, 9.17) is 4.74 Å². The summed E-state index contributed by atoms with van der Waals surface area (Å²) < 4.78 is 5.18. The van der Waals surface area contributed by atoms with Crippen LogP contribution in [0.5, 0.6) is 0 Å². The quantitative estimate of drug-likeness (QED) is 0.592. The summed E-state index contributed by atoms with van der Waals surface area (Å²) in [6.45, 7) is 4.55. The van der Waals surface area contributed by atoms with Gasteiger partial charge in [-0.25, -0.2) is 4.79 Å². The Morgan fingerprint density at radius 2 is 2.00 bits per heavy atom. The van der Waals surface area contributed by atoms with Crippen molar-refractivity contribution in [1.29, 1.82) is 0 Å². The van der Waals surface area contributed by atoms with Crippen LogP contribution in [-0.2, 0) is 25.5 Å². The zero-order chi connectivity index (χ0) is 20.5. The Balaban J connectivity index is 1.92. The lowest BCUT2D eigenvalue weighted by atomic mass is 9.99. The molecular weight excluding hydrogens is 360 g/mol. The van der Waals surface area contributed by atoms with Crippen molar-refractivity contribution in [1.82, 2.24) is 10.2 Å². The highest BCUT2D eigenvalue weighted by Crippen LogP contribution is 2.19. The molecule has 1 fully saturated rings. The predicted molar refractivity (Wildman–Crippen MR) is 105 cm³/mol. The number of amides is 1. The maximum atomic E-state index is 12.6. The van der Waals surface area contributed by atoms with Crippen molar-refractivity contribution in [3.8, 4) is 0 Å². The fourth-order valence-corrected chi connectivity index (χ4v) is 3.49. The fraction of sp³-hybridized carbons (Fsp3) is 0.571. The van der Waals surface area contributed by atoms with Crippen LogP contribution in [0.15, 0.2) is 30.3 Å². The van der Waals surface area contributed by atoms with Crippen molar-refractivity contribution >= 4 is 17.8 Å². The third-order valence-electron chi connectivity index (χ3n) is 5.11. The van der Waals surface area contributed by atoms with Gasteiger partial charge >= 0.3 is 11.9 Å². The molecule has 0 radical (unpaired) electrons. The second-order valence-corrected chi connectivity index (χ2v) is 7.13. The average molecular weight is 390 g/mol. The summed E-state index contributed by atoms with van der Waals surface area (Å²) in [6, 6.07) is 8.58. The van der Waals surface area contributed by atoms with Gasteiger partial charge < -0.3 is 20.1 Å². The summed E-state index contributed by atoms with van der Waals surface area (Å²) in [5.74, 6) is -1.86. The summed E-state index contributed by atoms with van der Waals surface area (Å²) in [7, 11) is 0. The standard InChI is InChI=1S/C21H30N2O5/c1-3-28-21(27)17(12-11-16-8-5-4-6-9-16)14-22-15(2)19(24)23-13-7-10-18(23)20(25)26/h4-6,8-9,15,17-18,22H,3,7,10-14H2,1-2H3,(H,25,26). The topological polar surface area (TPSA) is 95.9 Å². The van der Waals surface area contributed by atoms with Gasteiger partial charge in [0.05, 0.1) is 18.6 Å². The van der Waals surface area contributed by atoms with Gasteiger partial charge in [0.1, 0.15) is 6.04 Å². The molecule has 28 heavy (non-hydrogen) atoms. The number of nitrogens with one attached hydrogen (secondary N) is 1. The molecule has 1 amide bonds. The van der Waals surface area contributed by atoms with E-state index in [0.717, 1.165) is 12.0 Å². The highest BCUT2D eigenvalue weighted by Gasteiger charge is 2.36. The molecule has 1 aliphatic rings. The smallest absolute Gasteiger partial charge is 0.326 e. The minimum atomic E-state index is -0.967. The summed E-state index contributed by atoms with van der Waals surface area (Å²) in [5.41, 5.74) is 1.14. The van der Waals surface area contributed by atoms with Crippen LogP contribution in [0.25, 0.3) is 0 Å². The van der Waals surface area contributed by atoms with Gasteiger partial charge in [0.2, 0.25) is 5.91 Å². The fourth-order valence-electron chi connectivity index (χ4n) is 3.49. The van der Waals surface area contributed by atoms with Crippen molar-refractivity contribution in [2.24, 2.45) is 5.92 Å². The number of carboxylic acids is 1. The number of hydrogen-bond donors (Lipinski definition) is 2. The van der Waals surface area contributed by atoms with E-state index in [-0.39, 0.29) is 17.8 Å². The lowest BCUT2D eigenvalue weighted by molar-refractivity contribution is -0.149. The van der Waals surface area contributed by atoms with Crippen LogP contribution < -0.4 is 5.32 Å². The number of aliphatic carboxylic acids is 1. The van der Waals surface area contributed by atoms with Crippen LogP contribution >= 0.6 is 0 Å². The third-order valence-corrected chi connectivity index (χ3v) is 5.11. The van der Waals surface area contributed by atoms with Gasteiger partial charge in [-0.2, -0.15) is 0 Å². The van der Waals surface area contributed by atoms with Crippen LogP contribution in [0.3, 0.4) is 0 Å². The first-order valence-electron chi connectivity index (χ1n) is 9.91. The largest absolute Gasteiger partial charge is 0.480 e. The molecular formula is C21H30N2O5. The molecule has 1 aromatic carbocycles. The van der Waals surface area contributed by atoms with Gasteiger partial charge in [0.15, 0.2) is 0 Å². The minimum absolute atomic E-state index is 0.240. The van der Waals surface area contributed by atoms with Crippen LogP contribution in [0.2, 0.25) is 0 Å². The highest BCUT2D eigenvalue weighted by atomic mass is 16.5. The van der Waals surface area contributed by atoms with Crippen LogP contribution in [0, 0.1) is 5.92 Å². The van der Waals surface area contributed by atoms with Gasteiger partial charge in [-0.3, -0.25) is 9.59 Å². The molecule has 0 bridgehead atoms. The number of hydrogen-bond acceptors (Lipinski definition) is 5. The number of aryl methyl sites for hydroxylation is 1. The second-order valence-electron chi connectivity index (χ2n) is 7.13.